The molecule has 0 saturated carbocycles. The van der Waals surface area contributed by atoms with Crippen molar-refractivity contribution in [3.8, 4) is 11.5 Å². The number of para-hydroxylation sites is 1. The average Bonchev–Trinajstić information content (AvgIpc) is 3.30. The first-order chi connectivity index (χ1) is 14.9. The maximum atomic E-state index is 12.6. The fourth-order valence-electron chi connectivity index (χ4n) is 5.42. The molecule has 1 aromatic carbocycles. The van der Waals surface area contributed by atoms with Crippen LogP contribution in [0, 0.1) is 11.3 Å². The number of hydrogen-bond acceptors (Lipinski definition) is 6. The molecule has 4 heterocycles. The molecule has 2 aromatic rings. The number of benzene rings is 1. The molecule has 1 aromatic heterocycles. The summed E-state index contributed by atoms with van der Waals surface area (Å²) in [6, 6.07) is 6.08. The summed E-state index contributed by atoms with van der Waals surface area (Å²) < 4.78 is 24.1. The number of carbonyl (C=O) groups excluding carboxylic acids is 1. The second-order valence-corrected chi connectivity index (χ2v) is 9.51. The molecule has 1 amide bonds. The monoisotopic (exact) mass is 426 g/mol. The summed E-state index contributed by atoms with van der Waals surface area (Å²) in [7, 11) is 0. The third-order valence-electron chi connectivity index (χ3n) is 7.22. The predicted molar refractivity (Wildman–Crippen MR) is 113 cm³/mol. The van der Waals surface area contributed by atoms with E-state index in [1.165, 1.54) is 12.6 Å². The number of carbonyl (C=O) groups is 1. The van der Waals surface area contributed by atoms with E-state index >= 15 is 0 Å². The van der Waals surface area contributed by atoms with Gasteiger partial charge in [-0.05, 0) is 51.5 Å². The van der Waals surface area contributed by atoms with Gasteiger partial charge in [-0.25, -0.2) is 4.98 Å². The van der Waals surface area contributed by atoms with Gasteiger partial charge in [0.1, 0.15) is 5.60 Å². The van der Waals surface area contributed by atoms with Crippen molar-refractivity contribution >= 4 is 5.91 Å². The molecule has 3 aliphatic rings. The standard InChI is InChI=1S/C24H30N2O5/c1-4-28-18-7-5-6-16-20-17(23(2,3)31-21(16)18)12-24(14-29-20)8-10-26(11-9-24)22(27)19-13-25-15-30-19/h5-7,13,15,17,20H,4,8-12,14H2,1-3H3/t17-,20+/m0/s1. The van der Waals surface area contributed by atoms with E-state index in [0.29, 0.717) is 32.1 Å². The molecule has 5 rings (SSSR count). The van der Waals surface area contributed by atoms with Crippen LogP contribution in [-0.4, -0.2) is 47.7 Å². The Hall–Kier alpha value is -2.54. The molecule has 0 unspecified atom stereocenters. The summed E-state index contributed by atoms with van der Waals surface area (Å²) in [5.41, 5.74) is 0.781. The summed E-state index contributed by atoms with van der Waals surface area (Å²) in [4.78, 5) is 18.3. The van der Waals surface area contributed by atoms with Crippen molar-refractivity contribution in [2.75, 3.05) is 26.3 Å². The van der Waals surface area contributed by atoms with Crippen molar-refractivity contribution in [2.45, 2.75) is 51.7 Å². The van der Waals surface area contributed by atoms with E-state index in [2.05, 4.69) is 24.9 Å². The Labute approximate surface area is 182 Å². The van der Waals surface area contributed by atoms with E-state index in [4.69, 9.17) is 18.6 Å². The lowest BCUT2D eigenvalue weighted by Gasteiger charge is -2.54. The SMILES string of the molecule is CCOc1cccc2c1OC(C)(C)[C@H]1CC3(CCN(C(=O)c4cnco4)CC3)CO[C@H]21. The minimum atomic E-state index is -0.370. The summed E-state index contributed by atoms with van der Waals surface area (Å²) >= 11 is 0. The molecule has 1 spiro atoms. The van der Waals surface area contributed by atoms with Crippen LogP contribution in [0.2, 0.25) is 0 Å². The number of nitrogens with zero attached hydrogens (tertiary/aromatic N) is 2. The van der Waals surface area contributed by atoms with Crippen LogP contribution in [0.15, 0.2) is 35.2 Å². The number of rotatable bonds is 3. The number of piperidine rings is 1. The summed E-state index contributed by atoms with van der Waals surface area (Å²) in [6.45, 7) is 8.99. The van der Waals surface area contributed by atoms with Crippen LogP contribution in [0.1, 0.15) is 62.3 Å². The Kier molecular flexibility index (Phi) is 4.96. The molecule has 7 heteroatoms. The first-order valence-corrected chi connectivity index (χ1v) is 11.2. The molecule has 0 N–H and O–H groups in total. The average molecular weight is 427 g/mol. The molecule has 3 aliphatic heterocycles. The fraction of sp³-hybridized carbons (Fsp3) is 0.583. The maximum absolute atomic E-state index is 12.6. The highest BCUT2D eigenvalue weighted by molar-refractivity contribution is 5.91. The topological polar surface area (TPSA) is 74.0 Å². The van der Waals surface area contributed by atoms with Crippen LogP contribution in [-0.2, 0) is 4.74 Å². The summed E-state index contributed by atoms with van der Waals surface area (Å²) in [5, 5.41) is 0. The Balaban J connectivity index is 1.34. The lowest BCUT2D eigenvalue weighted by molar-refractivity contribution is -0.173. The largest absolute Gasteiger partial charge is 0.490 e. The smallest absolute Gasteiger partial charge is 0.291 e. The van der Waals surface area contributed by atoms with Gasteiger partial charge in [0.25, 0.3) is 5.91 Å². The zero-order valence-corrected chi connectivity index (χ0v) is 18.4. The van der Waals surface area contributed by atoms with Gasteiger partial charge < -0.3 is 23.5 Å². The number of ether oxygens (including phenoxy) is 3. The van der Waals surface area contributed by atoms with Crippen LogP contribution in [0.4, 0.5) is 0 Å². The van der Waals surface area contributed by atoms with E-state index in [0.717, 1.165) is 36.3 Å². The van der Waals surface area contributed by atoms with Crippen molar-refractivity contribution in [3.05, 3.63) is 42.1 Å². The molecule has 0 aliphatic carbocycles. The van der Waals surface area contributed by atoms with Gasteiger partial charge in [-0.1, -0.05) is 12.1 Å². The molecule has 31 heavy (non-hydrogen) atoms. The van der Waals surface area contributed by atoms with Crippen molar-refractivity contribution in [2.24, 2.45) is 11.3 Å². The van der Waals surface area contributed by atoms with Gasteiger partial charge in [0, 0.05) is 24.6 Å². The van der Waals surface area contributed by atoms with Gasteiger partial charge in [-0.2, -0.15) is 0 Å². The minimum Gasteiger partial charge on any atom is -0.490 e. The van der Waals surface area contributed by atoms with Crippen LogP contribution in [0.25, 0.3) is 0 Å². The number of aromatic nitrogens is 1. The van der Waals surface area contributed by atoms with Gasteiger partial charge >= 0.3 is 0 Å². The van der Waals surface area contributed by atoms with Crippen LogP contribution in [0.3, 0.4) is 0 Å². The van der Waals surface area contributed by atoms with Gasteiger partial charge in [0.15, 0.2) is 17.9 Å². The van der Waals surface area contributed by atoms with Crippen LogP contribution < -0.4 is 9.47 Å². The third kappa shape index (κ3) is 3.49. The lowest BCUT2D eigenvalue weighted by Crippen LogP contribution is -2.54. The molecular formula is C24H30N2O5. The number of oxazole rings is 1. The van der Waals surface area contributed by atoms with E-state index in [1.807, 2.05) is 24.0 Å². The maximum Gasteiger partial charge on any atom is 0.291 e. The van der Waals surface area contributed by atoms with Crippen LogP contribution in [0.5, 0.6) is 11.5 Å². The van der Waals surface area contributed by atoms with E-state index in [-0.39, 0.29) is 28.9 Å². The zero-order chi connectivity index (χ0) is 21.6. The van der Waals surface area contributed by atoms with Gasteiger partial charge in [-0.3, -0.25) is 4.79 Å². The van der Waals surface area contributed by atoms with Gasteiger partial charge in [-0.15, -0.1) is 0 Å². The third-order valence-corrected chi connectivity index (χ3v) is 7.22. The number of hydrogen-bond donors (Lipinski definition) is 0. The molecule has 2 atom stereocenters. The molecule has 7 nitrogen and oxygen atoms in total. The quantitative estimate of drug-likeness (QED) is 0.731. The normalized spacial score (nSPS) is 26.0. The summed E-state index contributed by atoms with van der Waals surface area (Å²) in [6.07, 6.45) is 5.63. The minimum absolute atomic E-state index is 0.00126. The first-order valence-electron chi connectivity index (χ1n) is 11.2. The van der Waals surface area contributed by atoms with Crippen LogP contribution >= 0.6 is 0 Å². The Morgan fingerprint density at radius 1 is 1.29 bits per heavy atom. The summed E-state index contributed by atoms with van der Waals surface area (Å²) in [5.74, 6) is 2.07. The fourth-order valence-corrected chi connectivity index (χ4v) is 5.42. The highest BCUT2D eigenvalue weighted by Crippen LogP contribution is 2.57. The Morgan fingerprint density at radius 2 is 2.10 bits per heavy atom. The van der Waals surface area contributed by atoms with Crippen molar-refractivity contribution in [1.29, 1.82) is 0 Å². The predicted octanol–water partition coefficient (Wildman–Crippen LogP) is 4.24. The molecule has 0 bridgehead atoms. The van der Waals surface area contributed by atoms with E-state index in [1.54, 1.807) is 0 Å². The highest BCUT2D eigenvalue weighted by atomic mass is 16.5. The van der Waals surface area contributed by atoms with Crippen molar-refractivity contribution in [1.82, 2.24) is 9.88 Å². The van der Waals surface area contributed by atoms with Crippen molar-refractivity contribution in [3.63, 3.8) is 0 Å². The Morgan fingerprint density at radius 3 is 2.81 bits per heavy atom. The van der Waals surface area contributed by atoms with E-state index < -0.39 is 0 Å². The highest BCUT2D eigenvalue weighted by Gasteiger charge is 2.53. The number of likely N-dealkylation sites (tertiary alicyclic amines) is 1. The molecule has 0 radical (unpaired) electrons. The number of fused-ring (bicyclic) bond motifs is 3. The van der Waals surface area contributed by atoms with Gasteiger partial charge in [0.05, 0.1) is 25.5 Å². The second kappa shape index (κ2) is 7.55. The van der Waals surface area contributed by atoms with Crippen molar-refractivity contribution < 1.29 is 23.4 Å². The molecule has 2 saturated heterocycles. The number of amides is 1. The van der Waals surface area contributed by atoms with Gasteiger partial charge in [0.2, 0.25) is 5.76 Å². The zero-order valence-electron chi connectivity index (χ0n) is 18.4. The Bertz CT molecular complexity index is 947. The van der Waals surface area contributed by atoms with E-state index in [9.17, 15) is 4.79 Å². The first kappa shape index (κ1) is 20.4. The molecule has 166 valence electrons. The molecular weight excluding hydrogens is 396 g/mol. The second-order valence-electron chi connectivity index (χ2n) is 9.51. The lowest BCUT2D eigenvalue weighted by atomic mass is 9.64. The molecule has 2 fully saturated rings.